The molecule has 2 aromatic rings. The van der Waals surface area contributed by atoms with Crippen molar-refractivity contribution in [1.82, 2.24) is 4.98 Å². The normalized spacial score (nSPS) is 10.3. The van der Waals surface area contributed by atoms with Crippen molar-refractivity contribution in [3.05, 3.63) is 35.3 Å². The Labute approximate surface area is 110 Å². The van der Waals surface area contributed by atoms with E-state index in [2.05, 4.69) is 11.9 Å². The summed E-state index contributed by atoms with van der Waals surface area (Å²) in [6.45, 7) is 4.36. The fraction of sp³-hybridized carbons (Fsp3) is 0.286. The number of nitrogens with zero attached hydrogens (tertiary/aromatic N) is 1. The summed E-state index contributed by atoms with van der Waals surface area (Å²) in [5.41, 5.74) is 1.01. The van der Waals surface area contributed by atoms with Gasteiger partial charge in [-0.15, -0.1) is 11.3 Å². The first-order valence-corrected chi connectivity index (χ1v) is 6.72. The smallest absolute Gasteiger partial charge is 0.171 e. The maximum Gasteiger partial charge on any atom is 0.171 e. The molecule has 0 fully saturated rings. The van der Waals surface area contributed by atoms with Gasteiger partial charge in [0.05, 0.1) is 11.5 Å². The third-order valence-electron chi connectivity index (χ3n) is 2.43. The summed E-state index contributed by atoms with van der Waals surface area (Å²) in [6.07, 6.45) is 2.63. The highest BCUT2D eigenvalue weighted by Gasteiger charge is 2.07. The zero-order valence-corrected chi connectivity index (χ0v) is 11.3. The van der Waals surface area contributed by atoms with E-state index < -0.39 is 0 Å². The largest absolute Gasteiger partial charge is 0.494 e. The second-order valence-corrected chi connectivity index (χ2v) is 4.99. The summed E-state index contributed by atoms with van der Waals surface area (Å²) >= 11 is 1.42. The Morgan fingerprint density at radius 3 is 2.61 bits per heavy atom. The third-order valence-corrected chi connectivity index (χ3v) is 3.57. The predicted octanol–water partition coefficient (Wildman–Crippen LogP) is 3.80. The van der Waals surface area contributed by atoms with Gasteiger partial charge in [-0.25, -0.2) is 4.98 Å². The number of benzene rings is 1. The van der Waals surface area contributed by atoms with Gasteiger partial charge in [0.15, 0.2) is 5.78 Å². The van der Waals surface area contributed by atoms with Crippen LogP contribution in [0.1, 0.15) is 29.9 Å². The van der Waals surface area contributed by atoms with Crippen LogP contribution in [0.25, 0.3) is 10.6 Å². The van der Waals surface area contributed by atoms with E-state index in [-0.39, 0.29) is 5.78 Å². The van der Waals surface area contributed by atoms with Crippen molar-refractivity contribution in [3.8, 4) is 16.3 Å². The molecule has 0 aliphatic carbocycles. The molecule has 0 bridgehead atoms. The zero-order chi connectivity index (χ0) is 13.0. The van der Waals surface area contributed by atoms with Crippen molar-refractivity contribution in [2.24, 2.45) is 0 Å². The van der Waals surface area contributed by atoms with Gasteiger partial charge in [0.25, 0.3) is 0 Å². The zero-order valence-electron chi connectivity index (χ0n) is 10.5. The summed E-state index contributed by atoms with van der Waals surface area (Å²) in [5, 5.41) is 0.863. The number of carbonyl (C=O) groups excluding carboxylic acids is 1. The van der Waals surface area contributed by atoms with Crippen molar-refractivity contribution in [2.75, 3.05) is 6.61 Å². The fourth-order valence-electron chi connectivity index (χ4n) is 1.48. The summed E-state index contributed by atoms with van der Waals surface area (Å²) in [4.78, 5) is 16.2. The highest BCUT2D eigenvalue weighted by molar-refractivity contribution is 7.16. The van der Waals surface area contributed by atoms with Crippen LogP contribution in [0.4, 0.5) is 0 Å². The second-order valence-electron chi connectivity index (χ2n) is 3.96. The number of Topliss-reactive ketones (excluding diaryl/α,β-unsaturated/α-hetero) is 1. The molecular weight excluding hydrogens is 246 g/mol. The molecule has 1 heterocycles. The standard InChI is InChI=1S/C14H15NO2S/c1-3-8-17-12-6-4-11(5-7-12)14-15-9-13(18-14)10(2)16/h4-7,9H,3,8H2,1-2H3. The molecule has 0 radical (unpaired) electrons. The van der Waals surface area contributed by atoms with Crippen LogP contribution in [0, 0.1) is 0 Å². The van der Waals surface area contributed by atoms with Crippen molar-refractivity contribution >= 4 is 17.1 Å². The van der Waals surface area contributed by atoms with Gasteiger partial charge in [0, 0.05) is 18.7 Å². The van der Waals surface area contributed by atoms with Crippen LogP contribution >= 0.6 is 11.3 Å². The van der Waals surface area contributed by atoms with E-state index in [0.29, 0.717) is 4.88 Å². The van der Waals surface area contributed by atoms with Gasteiger partial charge in [0.1, 0.15) is 10.8 Å². The molecule has 3 nitrogen and oxygen atoms in total. The van der Waals surface area contributed by atoms with Gasteiger partial charge < -0.3 is 4.74 Å². The lowest BCUT2D eigenvalue weighted by Gasteiger charge is -2.04. The quantitative estimate of drug-likeness (QED) is 0.768. The minimum Gasteiger partial charge on any atom is -0.494 e. The van der Waals surface area contributed by atoms with E-state index in [1.807, 2.05) is 24.3 Å². The van der Waals surface area contributed by atoms with E-state index in [0.717, 1.165) is 29.3 Å². The molecule has 0 unspecified atom stereocenters. The van der Waals surface area contributed by atoms with Crippen LogP contribution in [0.3, 0.4) is 0 Å². The van der Waals surface area contributed by atoms with Gasteiger partial charge in [-0.2, -0.15) is 0 Å². The lowest BCUT2D eigenvalue weighted by molar-refractivity contribution is 0.102. The predicted molar refractivity (Wildman–Crippen MR) is 73.3 cm³/mol. The SMILES string of the molecule is CCCOc1ccc(-c2ncc(C(C)=O)s2)cc1. The Bertz CT molecular complexity index is 531. The molecule has 0 spiro atoms. The Morgan fingerprint density at radius 1 is 1.33 bits per heavy atom. The molecule has 0 amide bonds. The Kier molecular flexibility index (Phi) is 4.10. The first-order chi connectivity index (χ1) is 8.70. The average Bonchev–Trinajstić information content (AvgIpc) is 2.87. The molecule has 1 aromatic carbocycles. The number of ketones is 1. The van der Waals surface area contributed by atoms with E-state index >= 15 is 0 Å². The first kappa shape index (κ1) is 12.8. The van der Waals surface area contributed by atoms with E-state index in [9.17, 15) is 4.79 Å². The topological polar surface area (TPSA) is 39.2 Å². The van der Waals surface area contributed by atoms with E-state index in [4.69, 9.17) is 4.74 Å². The number of ether oxygens (including phenoxy) is 1. The average molecular weight is 261 g/mol. The lowest BCUT2D eigenvalue weighted by Crippen LogP contribution is -1.94. The fourth-order valence-corrected chi connectivity index (χ4v) is 2.30. The third kappa shape index (κ3) is 2.96. The number of hydrogen-bond donors (Lipinski definition) is 0. The Balaban J connectivity index is 2.15. The van der Waals surface area contributed by atoms with Crippen LogP contribution in [-0.2, 0) is 0 Å². The van der Waals surface area contributed by atoms with Gasteiger partial charge in [-0.3, -0.25) is 4.79 Å². The number of carbonyl (C=O) groups is 1. The number of hydrogen-bond acceptors (Lipinski definition) is 4. The molecule has 0 saturated carbocycles. The summed E-state index contributed by atoms with van der Waals surface area (Å²) in [6, 6.07) is 7.79. The molecule has 18 heavy (non-hydrogen) atoms. The summed E-state index contributed by atoms with van der Waals surface area (Å²) < 4.78 is 5.52. The van der Waals surface area contributed by atoms with Crippen LogP contribution in [-0.4, -0.2) is 17.4 Å². The van der Waals surface area contributed by atoms with Crippen molar-refractivity contribution in [3.63, 3.8) is 0 Å². The molecular formula is C14H15NO2S. The summed E-state index contributed by atoms with van der Waals surface area (Å²) in [7, 11) is 0. The minimum atomic E-state index is 0.0571. The number of aromatic nitrogens is 1. The van der Waals surface area contributed by atoms with Gasteiger partial charge >= 0.3 is 0 Å². The van der Waals surface area contributed by atoms with Crippen molar-refractivity contribution < 1.29 is 9.53 Å². The Hall–Kier alpha value is -1.68. The number of thiazole rings is 1. The maximum atomic E-state index is 11.2. The molecule has 2 rings (SSSR count). The molecule has 4 heteroatoms. The highest BCUT2D eigenvalue weighted by Crippen LogP contribution is 2.27. The Morgan fingerprint density at radius 2 is 2.06 bits per heavy atom. The maximum absolute atomic E-state index is 11.2. The molecule has 1 aromatic heterocycles. The monoisotopic (exact) mass is 261 g/mol. The van der Waals surface area contributed by atoms with E-state index in [1.165, 1.54) is 11.3 Å². The van der Waals surface area contributed by atoms with Crippen LogP contribution < -0.4 is 4.74 Å². The molecule has 0 N–H and O–H groups in total. The minimum absolute atomic E-state index is 0.0571. The van der Waals surface area contributed by atoms with Gasteiger partial charge in [0.2, 0.25) is 0 Å². The van der Waals surface area contributed by atoms with Crippen molar-refractivity contribution in [1.29, 1.82) is 0 Å². The van der Waals surface area contributed by atoms with Crippen LogP contribution in [0.5, 0.6) is 5.75 Å². The molecule has 0 saturated heterocycles. The highest BCUT2D eigenvalue weighted by atomic mass is 32.1. The molecule has 94 valence electrons. The van der Waals surface area contributed by atoms with Gasteiger partial charge in [-0.1, -0.05) is 6.92 Å². The van der Waals surface area contributed by atoms with E-state index in [1.54, 1.807) is 13.1 Å². The molecule has 0 aliphatic rings. The van der Waals surface area contributed by atoms with Gasteiger partial charge in [-0.05, 0) is 30.7 Å². The molecule has 0 aliphatic heterocycles. The summed E-state index contributed by atoms with van der Waals surface area (Å²) in [5.74, 6) is 0.922. The van der Waals surface area contributed by atoms with Crippen molar-refractivity contribution in [2.45, 2.75) is 20.3 Å². The first-order valence-electron chi connectivity index (χ1n) is 5.90. The molecule has 0 atom stereocenters. The number of rotatable bonds is 5. The lowest BCUT2D eigenvalue weighted by atomic mass is 10.2. The van der Waals surface area contributed by atoms with Crippen LogP contribution in [0.15, 0.2) is 30.5 Å². The van der Waals surface area contributed by atoms with Crippen LogP contribution in [0.2, 0.25) is 0 Å². The second kappa shape index (κ2) is 5.78.